The predicted molar refractivity (Wildman–Crippen MR) is 129 cm³/mol. The maximum Gasteiger partial charge on any atom is 0.267 e. The number of rotatable bonds is 8. The van der Waals surface area contributed by atoms with Crippen molar-refractivity contribution >= 4 is 17.2 Å². The molecule has 0 radical (unpaired) electrons. The van der Waals surface area contributed by atoms with Gasteiger partial charge in [0.1, 0.15) is 16.8 Å². The van der Waals surface area contributed by atoms with E-state index >= 15 is 0 Å². The van der Waals surface area contributed by atoms with Gasteiger partial charge in [-0.05, 0) is 37.3 Å². The molecule has 1 N–H and O–H groups in total. The number of hydrogen-bond donors (Lipinski definition) is 1. The fourth-order valence-corrected chi connectivity index (χ4v) is 4.19. The smallest absolute Gasteiger partial charge is 0.267 e. The topological polar surface area (TPSA) is 86.1 Å². The standard InChI is InChI=1S/C25H24N4O3S/c1-17(29-23(30)13-12-22(28-29)18-6-4-3-5-7-18)24(31)26-15-14-20-16-33-25(27-20)19-8-10-21(32-2)11-9-19/h3-13,16-17H,14-15H2,1-2H3,(H,26,31). The summed E-state index contributed by atoms with van der Waals surface area (Å²) in [4.78, 5) is 29.7. The van der Waals surface area contributed by atoms with Gasteiger partial charge in [-0.1, -0.05) is 30.3 Å². The highest BCUT2D eigenvalue weighted by Gasteiger charge is 2.18. The zero-order chi connectivity index (χ0) is 23.2. The van der Waals surface area contributed by atoms with Gasteiger partial charge in [-0.25, -0.2) is 9.67 Å². The summed E-state index contributed by atoms with van der Waals surface area (Å²) in [6.07, 6.45) is 0.595. The van der Waals surface area contributed by atoms with Crippen LogP contribution in [-0.4, -0.2) is 34.3 Å². The molecule has 4 rings (SSSR count). The van der Waals surface area contributed by atoms with Crippen LogP contribution in [0, 0.1) is 0 Å². The van der Waals surface area contributed by atoms with Crippen molar-refractivity contribution in [2.75, 3.05) is 13.7 Å². The molecule has 0 fully saturated rings. The monoisotopic (exact) mass is 460 g/mol. The molecule has 168 valence electrons. The molecule has 7 nitrogen and oxygen atoms in total. The van der Waals surface area contributed by atoms with Crippen molar-refractivity contribution in [1.82, 2.24) is 20.1 Å². The van der Waals surface area contributed by atoms with Crippen molar-refractivity contribution in [1.29, 1.82) is 0 Å². The van der Waals surface area contributed by atoms with Crippen molar-refractivity contribution < 1.29 is 9.53 Å². The number of benzene rings is 2. The SMILES string of the molecule is COc1ccc(-c2nc(CCNC(=O)C(C)n3nc(-c4ccccc4)ccc3=O)cs2)cc1. The van der Waals surface area contributed by atoms with Crippen LogP contribution in [0.3, 0.4) is 0 Å². The second-order valence-electron chi connectivity index (χ2n) is 7.46. The molecule has 0 aliphatic rings. The summed E-state index contributed by atoms with van der Waals surface area (Å²) < 4.78 is 6.41. The number of nitrogens with one attached hydrogen (secondary N) is 1. The lowest BCUT2D eigenvalue weighted by molar-refractivity contribution is -0.124. The molecular weight excluding hydrogens is 436 g/mol. The summed E-state index contributed by atoms with van der Waals surface area (Å²) in [5, 5.41) is 10.2. The Labute approximate surface area is 195 Å². The van der Waals surface area contributed by atoms with Crippen LogP contribution in [0.2, 0.25) is 0 Å². The van der Waals surface area contributed by atoms with E-state index < -0.39 is 6.04 Å². The Morgan fingerprint density at radius 3 is 2.55 bits per heavy atom. The van der Waals surface area contributed by atoms with E-state index in [1.165, 1.54) is 10.7 Å². The van der Waals surface area contributed by atoms with E-state index in [1.54, 1.807) is 31.4 Å². The zero-order valence-corrected chi connectivity index (χ0v) is 19.2. The Balaban J connectivity index is 1.36. The Morgan fingerprint density at radius 2 is 1.82 bits per heavy atom. The van der Waals surface area contributed by atoms with Crippen LogP contribution < -0.4 is 15.6 Å². The van der Waals surface area contributed by atoms with E-state index in [4.69, 9.17) is 4.74 Å². The van der Waals surface area contributed by atoms with Gasteiger partial charge < -0.3 is 10.1 Å². The number of methoxy groups -OCH3 is 1. The molecule has 4 aromatic rings. The Hall–Kier alpha value is -3.78. The molecule has 8 heteroatoms. The molecule has 1 atom stereocenters. The fourth-order valence-electron chi connectivity index (χ4n) is 3.33. The van der Waals surface area contributed by atoms with Crippen LogP contribution in [0.25, 0.3) is 21.8 Å². The quantitative estimate of drug-likeness (QED) is 0.430. The number of carbonyl (C=O) groups excluding carboxylic acids is 1. The summed E-state index contributed by atoms with van der Waals surface area (Å²) in [5.74, 6) is 0.538. The first-order chi connectivity index (χ1) is 16.0. The maximum atomic E-state index is 12.7. The van der Waals surface area contributed by atoms with Crippen LogP contribution in [0.5, 0.6) is 5.75 Å². The van der Waals surface area contributed by atoms with E-state index in [2.05, 4.69) is 15.4 Å². The number of amides is 1. The first-order valence-corrected chi connectivity index (χ1v) is 11.4. The van der Waals surface area contributed by atoms with Crippen LogP contribution in [-0.2, 0) is 11.2 Å². The molecule has 0 saturated heterocycles. The molecule has 2 aromatic heterocycles. The Bertz CT molecular complexity index is 1280. The highest BCUT2D eigenvalue weighted by molar-refractivity contribution is 7.13. The molecule has 33 heavy (non-hydrogen) atoms. The molecule has 0 saturated carbocycles. The van der Waals surface area contributed by atoms with Crippen molar-refractivity contribution in [3.05, 3.63) is 88.2 Å². The van der Waals surface area contributed by atoms with Gasteiger partial charge in [-0.2, -0.15) is 5.10 Å². The average Bonchev–Trinajstić information content (AvgIpc) is 3.33. The highest BCUT2D eigenvalue weighted by Crippen LogP contribution is 2.25. The van der Waals surface area contributed by atoms with Crippen molar-refractivity contribution in [3.8, 4) is 27.6 Å². The van der Waals surface area contributed by atoms with E-state index in [0.29, 0.717) is 18.7 Å². The third-order valence-corrected chi connectivity index (χ3v) is 6.15. The van der Waals surface area contributed by atoms with Gasteiger partial charge in [0.25, 0.3) is 5.56 Å². The summed E-state index contributed by atoms with van der Waals surface area (Å²) in [6.45, 7) is 2.09. The summed E-state index contributed by atoms with van der Waals surface area (Å²) in [7, 11) is 1.64. The number of ether oxygens (including phenoxy) is 1. The number of thiazole rings is 1. The molecule has 0 aliphatic carbocycles. The predicted octanol–water partition coefficient (Wildman–Crippen LogP) is 3.96. The van der Waals surface area contributed by atoms with Crippen LogP contribution in [0.1, 0.15) is 18.7 Å². The minimum atomic E-state index is -0.730. The molecule has 0 spiro atoms. The van der Waals surface area contributed by atoms with Gasteiger partial charge >= 0.3 is 0 Å². The molecular formula is C25H24N4O3S. The molecule has 0 bridgehead atoms. The molecule has 1 unspecified atom stereocenters. The van der Waals surface area contributed by atoms with Gasteiger partial charge in [-0.15, -0.1) is 11.3 Å². The number of nitrogens with zero attached hydrogens (tertiary/aromatic N) is 3. The lowest BCUT2D eigenvalue weighted by Crippen LogP contribution is -2.37. The first kappa shape index (κ1) is 22.4. The van der Waals surface area contributed by atoms with Gasteiger partial charge in [-0.3, -0.25) is 9.59 Å². The van der Waals surface area contributed by atoms with Crippen LogP contribution >= 0.6 is 11.3 Å². The average molecular weight is 461 g/mol. The summed E-state index contributed by atoms with van der Waals surface area (Å²) >= 11 is 1.56. The normalized spacial score (nSPS) is 11.7. The van der Waals surface area contributed by atoms with E-state index in [9.17, 15) is 9.59 Å². The Kier molecular flexibility index (Phi) is 6.95. The number of aromatic nitrogens is 3. The van der Waals surface area contributed by atoms with Crippen molar-refractivity contribution in [2.24, 2.45) is 0 Å². The van der Waals surface area contributed by atoms with E-state index in [1.807, 2.05) is 60.0 Å². The molecule has 2 heterocycles. The molecule has 2 aromatic carbocycles. The number of hydrogen-bond acceptors (Lipinski definition) is 6. The molecule has 1 amide bonds. The lowest BCUT2D eigenvalue weighted by Gasteiger charge is -2.14. The van der Waals surface area contributed by atoms with Crippen LogP contribution in [0.4, 0.5) is 0 Å². The molecule has 0 aliphatic heterocycles. The second-order valence-corrected chi connectivity index (χ2v) is 8.32. The van der Waals surface area contributed by atoms with Gasteiger partial charge in [0.15, 0.2) is 0 Å². The van der Waals surface area contributed by atoms with E-state index in [-0.39, 0.29) is 11.5 Å². The van der Waals surface area contributed by atoms with Crippen molar-refractivity contribution in [2.45, 2.75) is 19.4 Å². The highest BCUT2D eigenvalue weighted by atomic mass is 32.1. The van der Waals surface area contributed by atoms with Gasteiger partial charge in [0.05, 0.1) is 18.5 Å². The largest absolute Gasteiger partial charge is 0.497 e. The summed E-state index contributed by atoms with van der Waals surface area (Å²) in [6, 6.07) is 19.7. The minimum absolute atomic E-state index is 0.264. The third-order valence-electron chi connectivity index (χ3n) is 5.21. The van der Waals surface area contributed by atoms with Crippen LogP contribution in [0.15, 0.2) is 76.9 Å². The maximum absolute atomic E-state index is 12.7. The van der Waals surface area contributed by atoms with Gasteiger partial charge in [0.2, 0.25) is 5.91 Å². The first-order valence-electron chi connectivity index (χ1n) is 10.6. The van der Waals surface area contributed by atoms with Gasteiger partial charge in [0, 0.05) is 35.5 Å². The van der Waals surface area contributed by atoms with Crippen molar-refractivity contribution in [3.63, 3.8) is 0 Å². The third kappa shape index (κ3) is 5.35. The lowest BCUT2D eigenvalue weighted by atomic mass is 10.1. The minimum Gasteiger partial charge on any atom is -0.497 e. The Morgan fingerprint density at radius 1 is 1.06 bits per heavy atom. The second kappa shape index (κ2) is 10.2. The van der Waals surface area contributed by atoms with E-state index in [0.717, 1.165) is 27.6 Å². The summed E-state index contributed by atoms with van der Waals surface area (Å²) in [5.41, 5.74) is 3.13. The zero-order valence-electron chi connectivity index (χ0n) is 18.4. The fraction of sp³-hybridized carbons (Fsp3) is 0.200. The number of carbonyl (C=O) groups is 1.